The minimum absolute atomic E-state index is 0.000804. The smallest absolute Gasteiger partial charge is 0.240 e. The molecule has 1 aliphatic rings. The maximum Gasteiger partial charge on any atom is 0.240 e. The second kappa shape index (κ2) is 9.54. The number of amides is 2. The van der Waals surface area contributed by atoms with Crippen molar-refractivity contribution in [3.05, 3.63) is 71.8 Å². The van der Waals surface area contributed by atoms with Gasteiger partial charge in [0.1, 0.15) is 0 Å². The lowest BCUT2D eigenvalue weighted by atomic mass is 9.84. The molecular formula is C24H30N2O2. The Morgan fingerprint density at radius 3 is 1.93 bits per heavy atom. The summed E-state index contributed by atoms with van der Waals surface area (Å²) in [6.07, 6.45) is 6.48. The number of hydrogen-bond acceptors (Lipinski definition) is 2. The molecule has 1 aliphatic carbocycles. The van der Waals surface area contributed by atoms with Crippen molar-refractivity contribution in [2.45, 2.75) is 51.0 Å². The summed E-state index contributed by atoms with van der Waals surface area (Å²) in [5, 5.41) is 5.94. The summed E-state index contributed by atoms with van der Waals surface area (Å²) in [5.41, 5.74) is 1.35. The van der Waals surface area contributed by atoms with Crippen molar-refractivity contribution in [3.8, 4) is 0 Å². The van der Waals surface area contributed by atoms with Gasteiger partial charge in [-0.05, 0) is 36.8 Å². The van der Waals surface area contributed by atoms with E-state index in [4.69, 9.17) is 0 Å². The zero-order valence-corrected chi connectivity index (χ0v) is 16.6. The van der Waals surface area contributed by atoms with E-state index < -0.39 is 5.54 Å². The zero-order valence-electron chi connectivity index (χ0n) is 16.6. The van der Waals surface area contributed by atoms with Crippen LogP contribution in [0.5, 0.6) is 0 Å². The number of nitrogens with one attached hydrogen (secondary N) is 2. The van der Waals surface area contributed by atoms with E-state index in [2.05, 4.69) is 10.6 Å². The van der Waals surface area contributed by atoms with E-state index in [0.29, 0.717) is 12.3 Å². The van der Waals surface area contributed by atoms with Crippen LogP contribution in [0.15, 0.2) is 60.7 Å². The first-order chi connectivity index (χ1) is 13.6. The molecule has 1 fully saturated rings. The van der Waals surface area contributed by atoms with Gasteiger partial charge in [-0.2, -0.15) is 0 Å². The predicted octanol–water partition coefficient (Wildman–Crippen LogP) is 4.15. The lowest BCUT2D eigenvalue weighted by molar-refractivity contribution is -0.127. The highest BCUT2D eigenvalue weighted by atomic mass is 16.2. The summed E-state index contributed by atoms with van der Waals surface area (Å²) in [6.45, 7) is 2.00. The highest BCUT2D eigenvalue weighted by Gasteiger charge is 2.30. The van der Waals surface area contributed by atoms with Crippen molar-refractivity contribution in [1.29, 1.82) is 0 Å². The molecule has 3 rings (SSSR count). The third-order valence-electron chi connectivity index (χ3n) is 5.74. The normalized spacial score (nSPS) is 15.0. The Hall–Kier alpha value is -2.62. The molecule has 0 atom stereocenters. The fraction of sp³-hybridized carbons (Fsp3) is 0.417. The maximum absolute atomic E-state index is 12.7. The third-order valence-corrected chi connectivity index (χ3v) is 5.74. The molecule has 0 bridgehead atoms. The highest BCUT2D eigenvalue weighted by Crippen LogP contribution is 2.29. The number of hydrogen-bond donors (Lipinski definition) is 2. The van der Waals surface area contributed by atoms with E-state index >= 15 is 0 Å². The molecule has 0 aliphatic heterocycles. The molecule has 0 radical (unpaired) electrons. The SMILES string of the molecule is CC(NC(=O)CNC(=O)CC1CCCCC1)(c1ccccc1)c1ccccc1. The zero-order chi connectivity index (χ0) is 19.8. The number of carbonyl (C=O) groups excluding carboxylic acids is 2. The van der Waals surface area contributed by atoms with Gasteiger partial charge in [0.05, 0.1) is 12.1 Å². The van der Waals surface area contributed by atoms with Gasteiger partial charge in [0, 0.05) is 6.42 Å². The lowest BCUT2D eigenvalue weighted by Gasteiger charge is -2.32. The molecular weight excluding hydrogens is 348 g/mol. The van der Waals surface area contributed by atoms with Crippen molar-refractivity contribution in [3.63, 3.8) is 0 Å². The summed E-state index contributed by atoms with van der Waals surface area (Å²) in [4.78, 5) is 24.9. The molecule has 28 heavy (non-hydrogen) atoms. The van der Waals surface area contributed by atoms with Crippen LogP contribution in [-0.2, 0) is 15.1 Å². The van der Waals surface area contributed by atoms with Gasteiger partial charge in [0.25, 0.3) is 0 Å². The average molecular weight is 379 g/mol. The van der Waals surface area contributed by atoms with E-state index in [1.807, 2.05) is 67.6 Å². The molecule has 0 heterocycles. The van der Waals surface area contributed by atoms with E-state index in [-0.39, 0.29) is 18.4 Å². The second-order valence-electron chi connectivity index (χ2n) is 7.89. The van der Waals surface area contributed by atoms with Crippen LogP contribution in [-0.4, -0.2) is 18.4 Å². The van der Waals surface area contributed by atoms with Crippen LogP contribution >= 0.6 is 0 Å². The number of rotatable bonds is 7. The third kappa shape index (κ3) is 5.22. The lowest BCUT2D eigenvalue weighted by Crippen LogP contribution is -2.48. The highest BCUT2D eigenvalue weighted by molar-refractivity contribution is 5.85. The molecule has 2 N–H and O–H groups in total. The Labute approximate surface area is 167 Å². The Kier molecular flexibility index (Phi) is 6.85. The van der Waals surface area contributed by atoms with Crippen LogP contribution in [0.3, 0.4) is 0 Å². The monoisotopic (exact) mass is 378 g/mol. The van der Waals surface area contributed by atoms with Crippen molar-refractivity contribution in [2.24, 2.45) is 5.92 Å². The first-order valence-electron chi connectivity index (χ1n) is 10.3. The van der Waals surface area contributed by atoms with Crippen molar-refractivity contribution in [1.82, 2.24) is 10.6 Å². The van der Waals surface area contributed by atoms with Crippen LogP contribution < -0.4 is 10.6 Å². The minimum atomic E-state index is -0.659. The van der Waals surface area contributed by atoms with Gasteiger partial charge < -0.3 is 10.6 Å². The molecule has 0 unspecified atom stereocenters. The largest absolute Gasteiger partial charge is 0.347 e. The van der Waals surface area contributed by atoms with E-state index in [1.165, 1.54) is 19.3 Å². The van der Waals surface area contributed by atoms with E-state index in [1.54, 1.807) is 0 Å². The van der Waals surface area contributed by atoms with Gasteiger partial charge in [-0.1, -0.05) is 79.9 Å². The molecule has 2 aromatic carbocycles. The molecule has 148 valence electrons. The van der Waals surface area contributed by atoms with Crippen molar-refractivity contribution >= 4 is 11.8 Å². The summed E-state index contributed by atoms with van der Waals surface area (Å²) < 4.78 is 0. The first-order valence-corrected chi connectivity index (χ1v) is 10.3. The van der Waals surface area contributed by atoms with Crippen LogP contribution in [0.2, 0.25) is 0 Å². The van der Waals surface area contributed by atoms with E-state index in [9.17, 15) is 9.59 Å². The molecule has 2 amide bonds. The summed E-state index contributed by atoms with van der Waals surface area (Å²) >= 11 is 0. The number of carbonyl (C=O) groups is 2. The van der Waals surface area contributed by atoms with Gasteiger partial charge in [0.15, 0.2) is 0 Å². The predicted molar refractivity (Wildman–Crippen MR) is 112 cm³/mol. The van der Waals surface area contributed by atoms with E-state index in [0.717, 1.165) is 24.0 Å². The molecule has 0 aromatic heterocycles. The molecule has 4 heteroatoms. The maximum atomic E-state index is 12.7. The van der Waals surface area contributed by atoms with Gasteiger partial charge >= 0.3 is 0 Å². The van der Waals surface area contributed by atoms with Crippen LogP contribution in [0.1, 0.15) is 56.6 Å². The van der Waals surface area contributed by atoms with Gasteiger partial charge in [-0.25, -0.2) is 0 Å². The first kappa shape index (κ1) is 20.1. The Balaban J connectivity index is 1.62. The van der Waals surface area contributed by atoms with Crippen LogP contribution in [0.25, 0.3) is 0 Å². The Bertz CT molecular complexity index is 728. The standard InChI is InChI=1S/C24H30N2O2/c1-24(20-13-7-3-8-14-20,21-15-9-4-10-16-21)26-23(28)18-25-22(27)17-19-11-5-2-6-12-19/h3-4,7-10,13-16,19H,2,5-6,11-12,17-18H2,1H3,(H,25,27)(H,26,28). The van der Waals surface area contributed by atoms with Crippen molar-refractivity contribution < 1.29 is 9.59 Å². The average Bonchev–Trinajstić information content (AvgIpc) is 2.74. The molecule has 2 aromatic rings. The quantitative estimate of drug-likeness (QED) is 0.760. The molecule has 1 saturated carbocycles. The van der Waals surface area contributed by atoms with Gasteiger partial charge in [-0.3, -0.25) is 9.59 Å². The second-order valence-corrected chi connectivity index (χ2v) is 7.89. The molecule has 0 saturated heterocycles. The van der Waals surface area contributed by atoms with Crippen molar-refractivity contribution in [2.75, 3.05) is 6.54 Å². The van der Waals surface area contributed by atoms with Crippen LogP contribution in [0, 0.1) is 5.92 Å². The fourth-order valence-electron chi connectivity index (χ4n) is 4.08. The Morgan fingerprint density at radius 1 is 0.857 bits per heavy atom. The summed E-state index contributed by atoms with van der Waals surface area (Å²) in [7, 11) is 0. The molecule has 4 nitrogen and oxygen atoms in total. The Morgan fingerprint density at radius 2 is 1.39 bits per heavy atom. The fourth-order valence-corrected chi connectivity index (χ4v) is 4.08. The minimum Gasteiger partial charge on any atom is -0.347 e. The summed E-state index contributed by atoms with van der Waals surface area (Å²) in [5.74, 6) is 0.256. The van der Waals surface area contributed by atoms with Crippen LogP contribution in [0.4, 0.5) is 0 Å². The molecule has 0 spiro atoms. The van der Waals surface area contributed by atoms with Gasteiger partial charge in [0.2, 0.25) is 11.8 Å². The summed E-state index contributed by atoms with van der Waals surface area (Å²) in [6, 6.07) is 19.8. The number of benzene rings is 2. The topological polar surface area (TPSA) is 58.2 Å². The van der Waals surface area contributed by atoms with Gasteiger partial charge in [-0.15, -0.1) is 0 Å².